The van der Waals surface area contributed by atoms with Gasteiger partial charge in [0.05, 0.1) is 11.0 Å². The minimum atomic E-state index is -3.71. The Balaban J connectivity index is 1.68. The van der Waals surface area contributed by atoms with Crippen molar-refractivity contribution in [3.8, 4) is 0 Å². The van der Waals surface area contributed by atoms with E-state index in [0.29, 0.717) is 11.7 Å². The number of hydrogen-bond acceptors (Lipinski definition) is 7. The molecule has 1 aliphatic rings. The second-order valence-electron chi connectivity index (χ2n) is 5.82. The first-order chi connectivity index (χ1) is 12.5. The van der Waals surface area contributed by atoms with Gasteiger partial charge >= 0.3 is 0 Å². The van der Waals surface area contributed by atoms with E-state index in [-0.39, 0.29) is 23.1 Å². The molecule has 10 heteroatoms. The standard InChI is InChI=1S/C16H20N4O4S2/c1-2-14-19-20-16(25-14)18-15(21)11-5-3-7-13(9-11)26(22,23)17-10-12-6-4-8-24-12/h3,5,7,9,12,17H,2,4,6,8,10H2,1H3,(H,18,20,21). The van der Waals surface area contributed by atoms with Crippen LogP contribution in [0.2, 0.25) is 0 Å². The summed E-state index contributed by atoms with van der Waals surface area (Å²) in [7, 11) is -3.71. The fourth-order valence-corrected chi connectivity index (χ4v) is 4.30. The lowest BCUT2D eigenvalue weighted by Gasteiger charge is -2.12. The predicted molar refractivity (Wildman–Crippen MR) is 97.8 cm³/mol. The van der Waals surface area contributed by atoms with Crippen LogP contribution in [0.15, 0.2) is 29.2 Å². The van der Waals surface area contributed by atoms with Crippen molar-refractivity contribution < 1.29 is 17.9 Å². The summed E-state index contributed by atoms with van der Waals surface area (Å²) in [5.74, 6) is -0.431. The van der Waals surface area contributed by atoms with Crippen molar-refractivity contribution in [1.82, 2.24) is 14.9 Å². The van der Waals surface area contributed by atoms with E-state index in [1.165, 1.54) is 29.5 Å². The van der Waals surface area contributed by atoms with Crippen LogP contribution in [0.25, 0.3) is 0 Å². The van der Waals surface area contributed by atoms with Gasteiger partial charge in [-0.05, 0) is 37.5 Å². The van der Waals surface area contributed by atoms with E-state index < -0.39 is 15.9 Å². The Morgan fingerprint density at radius 1 is 1.38 bits per heavy atom. The lowest BCUT2D eigenvalue weighted by molar-refractivity contribution is 0.102. The summed E-state index contributed by atoms with van der Waals surface area (Å²) in [6.07, 6.45) is 2.42. The highest BCUT2D eigenvalue weighted by atomic mass is 32.2. The summed E-state index contributed by atoms with van der Waals surface area (Å²) >= 11 is 1.29. The van der Waals surface area contributed by atoms with Gasteiger partial charge in [-0.2, -0.15) is 0 Å². The summed E-state index contributed by atoms with van der Waals surface area (Å²) in [5.41, 5.74) is 0.234. The molecule has 1 aromatic heterocycles. The smallest absolute Gasteiger partial charge is 0.257 e. The summed E-state index contributed by atoms with van der Waals surface area (Å²) in [5, 5.41) is 11.7. The molecule has 1 aliphatic heterocycles. The van der Waals surface area contributed by atoms with Crippen LogP contribution >= 0.6 is 11.3 Å². The van der Waals surface area contributed by atoms with Crippen LogP contribution in [0.1, 0.15) is 35.1 Å². The Hall–Kier alpha value is -1.88. The lowest BCUT2D eigenvalue weighted by atomic mass is 10.2. The number of nitrogens with one attached hydrogen (secondary N) is 2. The molecule has 26 heavy (non-hydrogen) atoms. The van der Waals surface area contributed by atoms with Gasteiger partial charge in [0.2, 0.25) is 15.2 Å². The molecule has 8 nitrogen and oxygen atoms in total. The second-order valence-corrected chi connectivity index (χ2v) is 8.65. The fraction of sp³-hybridized carbons (Fsp3) is 0.438. The Morgan fingerprint density at radius 3 is 2.92 bits per heavy atom. The number of carbonyl (C=O) groups is 1. The molecule has 2 aromatic rings. The third-order valence-electron chi connectivity index (χ3n) is 3.92. The minimum Gasteiger partial charge on any atom is -0.377 e. The van der Waals surface area contributed by atoms with Crippen LogP contribution in [0.4, 0.5) is 5.13 Å². The molecular weight excluding hydrogens is 376 g/mol. The molecule has 2 N–H and O–H groups in total. The van der Waals surface area contributed by atoms with Gasteiger partial charge in [0.25, 0.3) is 5.91 Å². The molecular formula is C16H20N4O4S2. The van der Waals surface area contributed by atoms with E-state index in [0.717, 1.165) is 24.3 Å². The topological polar surface area (TPSA) is 110 Å². The summed E-state index contributed by atoms with van der Waals surface area (Å²) in [6, 6.07) is 5.88. The third kappa shape index (κ3) is 4.64. The van der Waals surface area contributed by atoms with Crippen LogP contribution in [-0.4, -0.2) is 43.8 Å². The third-order valence-corrected chi connectivity index (χ3v) is 6.33. The van der Waals surface area contributed by atoms with Gasteiger partial charge in [0.1, 0.15) is 5.01 Å². The van der Waals surface area contributed by atoms with Crippen molar-refractivity contribution in [2.24, 2.45) is 0 Å². The van der Waals surface area contributed by atoms with E-state index in [1.807, 2.05) is 6.92 Å². The molecule has 1 fully saturated rings. The van der Waals surface area contributed by atoms with Gasteiger partial charge in [-0.3, -0.25) is 10.1 Å². The highest BCUT2D eigenvalue weighted by Gasteiger charge is 2.21. The van der Waals surface area contributed by atoms with Crippen LogP contribution in [0, 0.1) is 0 Å². The first kappa shape index (κ1) is 18.9. The van der Waals surface area contributed by atoms with Gasteiger partial charge in [-0.25, -0.2) is 13.1 Å². The number of benzene rings is 1. The number of carbonyl (C=O) groups excluding carboxylic acids is 1. The zero-order valence-corrected chi connectivity index (χ0v) is 15.9. The molecule has 0 radical (unpaired) electrons. The van der Waals surface area contributed by atoms with Crippen LogP contribution in [-0.2, 0) is 21.2 Å². The fourth-order valence-electron chi connectivity index (χ4n) is 2.51. The normalized spacial score (nSPS) is 17.3. The number of sulfonamides is 1. The number of aryl methyl sites for hydroxylation is 1. The minimum absolute atomic E-state index is 0.0367. The Kier molecular flexibility index (Phi) is 5.97. The van der Waals surface area contributed by atoms with Gasteiger partial charge in [-0.15, -0.1) is 10.2 Å². The van der Waals surface area contributed by atoms with E-state index in [9.17, 15) is 13.2 Å². The summed E-state index contributed by atoms with van der Waals surface area (Å²) < 4.78 is 32.9. The molecule has 1 unspecified atom stereocenters. The first-order valence-corrected chi connectivity index (χ1v) is 10.6. The highest BCUT2D eigenvalue weighted by Crippen LogP contribution is 2.18. The molecule has 0 saturated carbocycles. The molecule has 0 spiro atoms. The predicted octanol–water partition coefficient (Wildman–Crippen LogP) is 1.81. The van der Waals surface area contributed by atoms with Crippen molar-refractivity contribution in [3.05, 3.63) is 34.8 Å². The van der Waals surface area contributed by atoms with Crippen molar-refractivity contribution >= 4 is 32.4 Å². The number of rotatable bonds is 7. The van der Waals surface area contributed by atoms with Gasteiger partial charge < -0.3 is 4.74 Å². The van der Waals surface area contributed by atoms with Crippen LogP contribution in [0.5, 0.6) is 0 Å². The Bertz CT molecular complexity index is 876. The molecule has 2 heterocycles. The van der Waals surface area contributed by atoms with E-state index in [4.69, 9.17) is 4.74 Å². The van der Waals surface area contributed by atoms with Crippen molar-refractivity contribution in [2.45, 2.75) is 37.2 Å². The zero-order valence-electron chi connectivity index (χ0n) is 14.3. The number of anilines is 1. The lowest BCUT2D eigenvalue weighted by Crippen LogP contribution is -2.32. The monoisotopic (exact) mass is 396 g/mol. The van der Waals surface area contributed by atoms with Crippen molar-refractivity contribution in [1.29, 1.82) is 0 Å². The average Bonchev–Trinajstić information content (AvgIpc) is 3.32. The second kappa shape index (κ2) is 8.21. The molecule has 1 aromatic carbocycles. The van der Waals surface area contributed by atoms with Gasteiger partial charge in [-0.1, -0.05) is 24.3 Å². The largest absolute Gasteiger partial charge is 0.377 e. The van der Waals surface area contributed by atoms with Crippen molar-refractivity contribution in [3.63, 3.8) is 0 Å². The Labute approximate surface area is 156 Å². The summed E-state index contributed by atoms with van der Waals surface area (Å²) in [6.45, 7) is 2.83. The van der Waals surface area contributed by atoms with Crippen LogP contribution in [0.3, 0.4) is 0 Å². The SMILES string of the molecule is CCc1nnc(NC(=O)c2cccc(S(=O)(=O)NCC3CCCO3)c2)s1. The number of nitrogens with zero attached hydrogens (tertiary/aromatic N) is 2. The highest BCUT2D eigenvalue weighted by molar-refractivity contribution is 7.89. The molecule has 140 valence electrons. The maximum atomic E-state index is 12.4. The molecule has 3 rings (SSSR count). The first-order valence-electron chi connectivity index (χ1n) is 8.33. The number of aromatic nitrogens is 2. The average molecular weight is 396 g/mol. The molecule has 1 saturated heterocycles. The maximum absolute atomic E-state index is 12.4. The molecule has 0 bridgehead atoms. The zero-order chi connectivity index (χ0) is 18.6. The van der Waals surface area contributed by atoms with E-state index in [1.54, 1.807) is 6.07 Å². The molecule has 1 atom stereocenters. The molecule has 1 amide bonds. The maximum Gasteiger partial charge on any atom is 0.257 e. The van der Waals surface area contributed by atoms with Crippen LogP contribution < -0.4 is 10.0 Å². The molecule has 0 aliphatic carbocycles. The summed E-state index contributed by atoms with van der Waals surface area (Å²) in [4.78, 5) is 12.4. The number of amides is 1. The Morgan fingerprint density at radius 2 is 2.23 bits per heavy atom. The van der Waals surface area contributed by atoms with E-state index in [2.05, 4.69) is 20.2 Å². The van der Waals surface area contributed by atoms with Gasteiger partial charge in [0.15, 0.2) is 0 Å². The van der Waals surface area contributed by atoms with Crippen molar-refractivity contribution in [2.75, 3.05) is 18.5 Å². The quantitative estimate of drug-likeness (QED) is 0.738. The van der Waals surface area contributed by atoms with E-state index >= 15 is 0 Å². The number of hydrogen-bond donors (Lipinski definition) is 2. The van der Waals surface area contributed by atoms with Gasteiger partial charge in [0, 0.05) is 18.7 Å². The number of ether oxygens (including phenoxy) is 1.